The molecule has 0 bridgehead atoms. The Hall–Kier alpha value is -1.01. The van der Waals surface area contributed by atoms with Crippen molar-refractivity contribution in [1.29, 1.82) is 0 Å². The van der Waals surface area contributed by atoms with E-state index in [1.54, 1.807) is 18.3 Å². The Morgan fingerprint density at radius 3 is 2.18 bits per heavy atom. The maximum atomic E-state index is 12.6. The van der Waals surface area contributed by atoms with Gasteiger partial charge in [-0.05, 0) is 24.6 Å². The quantitative estimate of drug-likeness (QED) is 0.711. The molecule has 1 aromatic heterocycles. The van der Waals surface area contributed by atoms with Crippen molar-refractivity contribution < 1.29 is 27.2 Å². The van der Waals surface area contributed by atoms with E-state index in [2.05, 4.69) is 10.3 Å². The van der Waals surface area contributed by atoms with E-state index in [1.807, 2.05) is 6.92 Å². The molecule has 1 rings (SSSR count). The molecule has 22 heavy (non-hydrogen) atoms. The Balaban J connectivity index is 3.32. The van der Waals surface area contributed by atoms with Crippen LogP contribution in [0.3, 0.4) is 0 Å². The zero-order valence-corrected chi connectivity index (χ0v) is 14.9. The number of hydrogen-bond acceptors (Lipinski definition) is 8. The first kappa shape index (κ1) is 19.0. The zero-order chi connectivity index (χ0) is 16.8. The lowest BCUT2D eigenvalue weighted by Crippen LogP contribution is -2.06. The van der Waals surface area contributed by atoms with Gasteiger partial charge in [0.2, 0.25) is 0 Å². The maximum absolute atomic E-state index is 12.6. The van der Waals surface area contributed by atoms with Crippen molar-refractivity contribution in [2.75, 3.05) is 33.8 Å². The summed E-state index contributed by atoms with van der Waals surface area (Å²) in [6.45, 7) is 1.87. The highest BCUT2D eigenvalue weighted by molar-refractivity contribution is 7.62. The minimum atomic E-state index is -3.72. The van der Waals surface area contributed by atoms with Crippen molar-refractivity contribution in [3.05, 3.63) is 35.1 Å². The summed E-state index contributed by atoms with van der Waals surface area (Å²) in [5, 5.41) is 2.79. The summed E-state index contributed by atoms with van der Waals surface area (Å²) in [6.07, 6.45) is 1.58. The lowest BCUT2D eigenvalue weighted by molar-refractivity contribution is 0.279. The molecule has 1 aromatic rings. The molecule has 0 aliphatic carbocycles. The second-order valence-electron chi connectivity index (χ2n) is 4.13. The van der Waals surface area contributed by atoms with Gasteiger partial charge in [0.1, 0.15) is 11.3 Å². The fourth-order valence-corrected chi connectivity index (χ4v) is 4.02. The van der Waals surface area contributed by atoms with Gasteiger partial charge < -0.3 is 23.4 Å². The summed E-state index contributed by atoms with van der Waals surface area (Å²) in [5.41, 5.74) is 0.853. The lowest BCUT2D eigenvalue weighted by Gasteiger charge is -2.20. The summed E-state index contributed by atoms with van der Waals surface area (Å²) >= 11 is 0. The van der Waals surface area contributed by atoms with Gasteiger partial charge in [-0.2, -0.15) is 0 Å². The molecular weight excluding hydrogens is 330 g/mol. The van der Waals surface area contributed by atoms with E-state index in [4.69, 9.17) is 18.1 Å². The molecule has 0 spiro atoms. The molecule has 0 aromatic carbocycles. The third-order valence-electron chi connectivity index (χ3n) is 2.74. The predicted molar refractivity (Wildman–Crippen MR) is 83.9 cm³/mol. The largest absolute Gasteiger partial charge is 0.377 e. The molecule has 10 heteroatoms. The number of nitrogens with zero attached hydrogens (tertiary/aromatic N) is 1. The first-order chi connectivity index (χ1) is 10.3. The molecule has 0 saturated carbocycles. The van der Waals surface area contributed by atoms with Crippen LogP contribution in [0.1, 0.15) is 5.56 Å². The van der Waals surface area contributed by atoms with Crippen LogP contribution < -0.4 is 5.32 Å². The third kappa shape index (κ3) is 4.74. The summed E-state index contributed by atoms with van der Waals surface area (Å²) in [4.78, 5) is 4.09. The van der Waals surface area contributed by atoms with Crippen LogP contribution in [0, 0.1) is 6.92 Å². The summed E-state index contributed by atoms with van der Waals surface area (Å²) in [5.74, 6) is 1.45. The summed E-state index contributed by atoms with van der Waals surface area (Å²) in [7, 11) is -2.45. The Bertz CT molecular complexity index is 618. The molecule has 0 amide bonds. The van der Waals surface area contributed by atoms with Crippen LogP contribution in [0.5, 0.6) is 0 Å². The second-order valence-corrected chi connectivity index (χ2v) is 8.40. The molecular formula is C12H20N2O6P2. The average Bonchev–Trinajstić information content (AvgIpc) is 2.53. The SMILES string of the molecule is COP(=O)(/C=C(\Nc1cc(C)ccn1)P(=O)(OC)OC)OC. The van der Waals surface area contributed by atoms with Gasteiger partial charge in [-0.1, -0.05) is 0 Å². The van der Waals surface area contributed by atoms with Gasteiger partial charge in [0, 0.05) is 34.6 Å². The molecule has 0 aliphatic heterocycles. The second kappa shape index (κ2) is 8.02. The van der Waals surface area contributed by atoms with Crippen molar-refractivity contribution in [2.45, 2.75) is 6.92 Å². The lowest BCUT2D eigenvalue weighted by atomic mass is 10.3. The Morgan fingerprint density at radius 1 is 1.14 bits per heavy atom. The number of pyridine rings is 1. The smallest absolute Gasteiger partial charge is 0.333 e. The summed E-state index contributed by atoms with van der Waals surface area (Å²) in [6, 6.07) is 3.52. The highest BCUT2D eigenvalue weighted by Crippen LogP contribution is 2.60. The zero-order valence-electron chi connectivity index (χ0n) is 13.1. The first-order valence-corrected chi connectivity index (χ1v) is 9.33. The molecule has 124 valence electrons. The van der Waals surface area contributed by atoms with Crippen molar-refractivity contribution in [2.24, 2.45) is 0 Å². The van der Waals surface area contributed by atoms with Gasteiger partial charge >= 0.3 is 15.2 Å². The van der Waals surface area contributed by atoms with Crippen molar-refractivity contribution >= 4 is 21.0 Å². The first-order valence-electron chi connectivity index (χ1n) is 6.18. The molecule has 0 saturated heterocycles. The Labute approximate surface area is 129 Å². The van der Waals surface area contributed by atoms with Gasteiger partial charge in [0.05, 0.1) is 5.82 Å². The number of hydrogen-bond donors (Lipinski definition) is 1. The van der Waals surface area contributed by atoms with E-state index in [0.717, 1.165) is 11.4 Å². The number of rotatable bonds is 8. The Kier molecular flexibility index (Phi) is 6.94. The molecule has 1 N–H and O–H groups in total. The highest BCUT2D eigenvalue weighted by atomic mass is 31.2. The van der Waals surface area contributed by atoms with Gasteiger partial charge in [-0.3, -0.25) is 9.13 Å². The maximum Gasteiger partial charge on any atom is 0.377 e. The van der Waals surface area contributed by atoms with Crippen molar-refractivity contribution in [1.82, 2.24) is 4.98 Å². The predicted octanol–water partition coefficient (Wildman–Crippen LogP) is 3.57. The van der Waals surface area contributed by atoms with E-state index in [9.17, 15) is 9.13 Å². The molecule has 0 fully saturated rings. The third-order valence-corrected chi connectivity index (χ3v) is 6.33. The average molecular weight is 350 g/mol. The molecule has 0 unspecified atom stereocenters. The van der Waals surface area contributed by atoms with E-state index in [-0.39, 0.29) is 5.44 Å². The highest BCUT2D eigenvalue weighted by Gasteiger charge is 2.32. The number of anilines is 1. The Morgan fingerprint density at radius 2 is 1.73 bits per heavy atom. The number of aryl methyl sites for hydroxylation is 1. The van der Waals surface area contributed by atoms with E-state index >= 15 is 0 Å². The minimum Gasteiger partial charge on any atom is -0.333 e. The monoisotopic (exact) mass is 350 g/mol. The van der Waals surface area contributed by atoms with Gasteiger partial charge in [-0.25, -0.2) is 4.98 Å². The van der Waals surface area contributed by atoms with Crippen molar-refractivity contribution in [3.8, 4) is 0 Å². The van der Waals surface area contributed by atoms with Crippen LogP contribution in [0.2, 0.25) is 0 Å². The van der Waals surface area contributed by atoms with Crippen molar-refractivity contribution in [3.63, 3.8) is 0 Å². The van der Waals surface area contributed by atoms with Crippen LogP contribution >= 0.6 is 15.2 Å². The van der Waals surface area contributed by atoms with Crippen LogP contribution in [0.15, 0.2) is 29.6 Å². The molecule has 0 radical (unpaired) electrons. The van der Waals surface area contributed by atoms with E-state index < -0.39 is 15.2 Å². The normalized spacial score (nSPS) is 13.2. The van der Waals surface area contributed by atoms with Crippen LogP contribution in [0.4, 0.5) is 5.82 Å². The van der Waals surface area contributed by atoms with Crippen LogP contribution in [-0.2, 0) is 27.2 Å². The molecule has 8 nitrogen and oxygen atoms in total. The molecule has 0 aliphatic rings. The van der Waals surface area contributed by atoms with Gasteiger partial charge in [-0.15, -0.1) is 0 Å². The molecule has 1 heterocycles. The number of nitrogens with one attached hydrogen (secondary N) is 1. The van der Waals surface area contributed by atoms with Gasteiger partial charge in [0.25, 0.3) is 0 Å². The topological polar surface area (TPSA) is 96.0 Å². The van der Waals surface area contributed by atoms with Crippen LogP contribution in [0.25, 0.3) is 0 Å². The summed E-state index contributed by atoms with van der Waals surface area (Å²) < 4.78 is 44.4. The number of aromatic nitrogens is 1. The van der Waals surface area contributed by atoms with Crippen LogP contribution in [-0.4, -0.2) is 33.4 Å². The van der Waals surface area contributed by atoms with E-state index in [0.29, 0.717) is 5.82 Å². The molecule has 0 atom stereocenters. The standard InChI is InChI=1S/C12H20N2O6P2/c1-10-6-7-13-11(8-10)14-12(22(16,19-4)20-5)9-21(15,17-2)18-3/h6-9H,1-5H3,(H,13,14)/b12-9+. The van der Waals surface area contributed by atoms with Gasteiger partial charge in [0.15, 0.2) is 0 Å². The van der Waals surface area contributed by atoms with E-state index in [1.165, 1.54) is 28.4 Å². The minimum absolute atomic E-state index is 0.0809. The fourth-order valence-electron chi connectivity index (χ4n) is 1.51. The fraction of sp³-hybridized carbons (Fsp3) is 0.417.